The number of aryl methyl sites for hydroxylation is 3. The van der Waals surface area contributed by atoms with Crippen LogP contribution in [0.1, 0.15) is 57.4 Å². The second kappa shape index (κ2) is 10.2. The summed E-state index contributed by atoms with van der Waals surface area (Å²) in [4.78, 5) is 8.48. The van der Waals surface area contributed by atoms with Crippen LogP contribution < -0.4 is 0 Å². The van der Waals surface area contributed by atoms with E-state index in [0.29, 0.717) is 0 Å². The topological polar surface area (TPSA) is 25.8 Å². The summed E-state index contributed by atoms with van der Waals surface area (Å²) in [6, 6.07) is 0. The van der Waals surface area contributed by atoms with Crippen LogP contribution in [0.5, 0.6) is 0 Å². The highest BCUT2D eigenvalue weighted by Gasteiger charge is 2.02. The molecule has 0 saturated heterocycles. The van der Waals surface area contributed by atoms with Crippen LogP contribution in [-0.4, -0.2) is 9.97 Å². The molecule has 0 fully saturated rings. The van der Waals surface area contributed by atoms with E-state index >= 15 is 0 Å². The molecule has 90 valence electrons. The molecule has 2 heteroatoms. The molecular formula is C14H24N2. The van der Waals surface area contributed by atoms with Crippen LogP contribution in [-0.2, 0) is 0 Å². The third-order valence-electron chi connectivity index (χ3n) is 1.63. The van der Waals surface area contributed by atoms with Gasteiger partial charge in [0.05, 0.1) is 17.0 Å². The molecule has 1 rings (SSSR count). The lowest BCUT2D eigenvalue weighted by Gasteiger charge is -2.02. The van der Waals surface area contributed by atoms with Crippen molar-refractivity contribution in [3.8, 4) is 11.8 Å². The fourth-order valence-corrected chi connectivity index (χ4v) is 1.19. The van der Waals surface area contributed by atoms with E-state index in [0.717, 1.165) is 22.8 Å². The SMILES string of the molecule is CC.CC.CC#Cc1c(C)nc(C)nc1C. The molecule has 0 radical (unpaired) electrons. The van der Waals surface area contributed by atoms with Crippen molar-refractivity contribution in [2.75, 3.05) is 0 Å². The summed E-state index contributed by atoms with van der Waals surface area (Å²) in [6.07, 6.45) is 0. The van der Waals surface area contributed by atoms with Gasteiger partial charge in [-0.3, -0.25) is 0 Å². The molecular weight excluding hydrogens is 196 g/mol. The van der Waals surface area contributed by atoms with Crippen molar-refractivity contribution in [3.63, 3.8) is 0 Å². The lowest BCUT2D eigenvalue weighted by Crippen LogP contribution is -1.99. The maximum absolute atomic E-state index is 4.24. The molecule has 0 saturated carbocycles. The van der Waals surface area contributed by atoms with Gasteiger partial charge in [0, 0.05) is 0 Å². The molecule has 0 N–H and O–H groups in total. The van der Waals surface area contributed by atoms with Crippen molar-refractivity contribution in [1.82, 2.24) is 9.97 Å². The highest BCUT2D eigenvalue weighted by molar-refractivity contribution is 5.40. The minimum absolute atomic E-state index is 0.812. The molecule has 0 aliphatic rings. The van der Waals surface area contributed by atoms with Crippen LogP contribution in [0.2, 0.25) is 0 Å². The Balaban J connectivity index is 0. The van der Waals surface area contributed by atoms with Gasteiger partial charge in [0.1, 0.15) is 5.82 Å². The Kier molecular flexibility index (Phi) is 10.8. The summed E-state index contributed by atoms with van der Waals surface area (Å²) < 4.78 is 0. The predicted octanol–water partition coefficient (Wildman–Crippen LogP) is 3.83. The van der Waals surface area contributed by atoms with Crippen LogP contribution in [0.4, 0.5) is 0 Å². The average molecular weight is 220 g/mol. The summed E-state index contributed by atoms with van der Waals surface area (Å²) in [5.74, 6) is 6.66. The van der Waals surface area contributed by atoms with Gasteiger partial charge in [-0.15, -0.1) is 5.92 Å². The molecule has 0 amide bonds. The van der Waals surface area contributed by atoms with Crippen LogP contribution in [0, 0.1) is 32.6 Å². The smallest absolute Gasteiger partial charge is 0.125 e. The van der Waals surface area contributed by atoms with Gasteiger partial charge >= 0.3 is 0 Å². The van der Waals surface area contributed by atoms with Gasteiger partial charge in [0.15, 0.2) is 0 Å². The Labute approximate surface area is 101 Å². The highest BCUT2D eigenvalue weighted by Crippen LogP contribution is 2.07. The number of hydrogen-bond acceptors (Lipinski definition) is 2. The molecule has 1 aromatic rings. The summed E-state index contributed by atoms with van der Waals surface area (Å²) in [6.45, 7) is 15.6. The Morgan fingerprint density at radius 2 is 1.19 bits per heavy atom. The number of hydrogen-bond donors (Lipinski definition) is 0. The van der Waals surface area contributed by atoms with E-state index in [1.807, 2.05) is 55.4 Å². The van der Waals surface area contributed by atoms with Gasteiger partial charge in [-0.2, -0.15) is 0 Å². The number of rotatable bonds is 0. The van der Waals surface area contributed by atoms with E-state index in [4.69, 9.17) is 0 Å². The van der Waals surface area contributed by atoms with Crippen molar-refractivity contribution in [1.29, 1.82) is 0 Å². The fourth-order valence-electron chi connectivity index (χ4n) is 1.19. The second-order valence-electron chi connectivity index (χ2n) is 2.69. The predicted molar refractivity (Wildman–Crippen MR) is 71.5 cm³/mol. The Morgan fingerprint density at radius 1 is 0.812 bits per heavy atom. The third-order valence-corrected chi connectivity index (χ3v) is 1.63. The first-order valence-corrected chi connectivity index (χ1v) is 5.89. The quantitative estimate of drug-likeness (QED) is 0.621. The van der Waals surface area contributed by atoms with Gasteiger partial charge in [0.25, 0.3) is 0 Å². The monoisotopic (exact) mass is 220 g/mol. The zero-order chi connectivity index (χ0) is 13.1. The molecule has 2 nitrogen and oxygen atoms in total. The lowest BCUT2D eigenvalue weighted by molar-refractivity contribution is 0.967. The molecule has 1 heterocycles. The maximum Gasteiger partial charge on any atom is 0.125 e. The van der Waals surface area contributed by atoms with Crippen LogP contribution in [0.25, 0.3) is 0 Å². The van der Waals surface area contributed by atoms with Gasteiger partial charge in [-0.05, 0) is 27.7 Å². The van der Waals surface area contributed by atoms with Crippen LogP contribution in [0.15, 0.2) is 0 Å². The normalized spacial score (nSPS) is 7.50. The van der Waals surface area contributed by atoms with Gasteiger partial charge < -0.3 is 0 Å². The highest BCUT2D eigenvalue weighted by atomic mass is 14.9. The van der Waals surface area contributed by atoms with E-state index < -0.39 is 0 Å². The Morgan fingerprint density at radius 3 is 1.50 bits per heavy atom. The van der Waals surface area contributed by atoms with Crippen molar-refractivity contribution >= 4 is 0 Å². The second-order valence-corrected chi connectivity index (χ2v) is 2.69. The minimum atomic E-state index is 0.812. The van der Waals surface area contributed by atoms with E-state index in [2.05, 4.69) is 21.8 Å². The molecule has 0 atom stereocenters. The molecule has 0 aromatic carbocycles. The van der Waals surface area contributed by atoms with Crippen molar-refractivity contribution in [2.24, 2.45) is 0 Å². The van der Waals surface area contributed by atoms with Gasteiger partial charge in [-0.1, -0.05) is 33.6 Å². The molecule has 0 aliphatic carbocycles. The fraction of sp³-hybridized carbons (Fsp3) is 0.571. The first kappa shape index (κ1) is 17.0. The molecule has 0 aliphatic heterocycles. The van der Waals surface area contributed by atoms with E-state index in [-0.39, 0.29) is 0 Å². The Hall–Kier alpha value is -1.36. The zero-order valence-corrected chi connectivity index (χ0v) is 11.9. The van der Waals surface area contributed by atoms with E-state index in [1.165, 1.54) is 0 Å². The first-order chi connectivity index (χ1) is 7.65. The summed E-state index contributed by atoms with van der Waals surface area (Å²) in [7, 11) is 0. The van der Waals surface area contributed by atoms with Crippen molar-refractivity contribution in [3.05, 3.63) is 22.8 Å². The van der Waals surface area contributed by atoms with Crippen molar-refractivity contribution in [2.45, 2.75) is 55.4 Å². The molecule has 0 spiro atoms. The molecule has 0 unspecified atom stereocenters. The van der Waals surface area contributed by atoms with Crippen LogP contribution in [0.3, 0.4) is 0 Å². The van der Waals surface area contributed by atoms with Gasteiger partial charge in [-0.25, -0.2) is 9.97 Å². The van der Waals surface area contributed by atoms with Crippen LogP contribution >= 0.6 is 0 Å². The minimum Gasteiger partial charge on any atom is -0.237 e. The zero-order valence-electron chi connectivity index (χ0n) is 11.9. The van der Waals surface area contributed by atoms with E-state index in [9.17, 15) is 0 Å². The molecule has 16 heavy (non-hydrogen) atoms. The summed E-state index contributed by atoms with van der Waals surface area (Å²) in [5.41, 5.74) is 2.90. The van der Waals surface area contributed by atoms with Gasteiger partial charge in [0.2, 0.25) is 0 Å². The number of nitrogens with zero attached hydrogens (tertiary/aromatic N) is 2. The van der Waals surface area contributed by atoms with Crippen molar-refractivity contribution < 1.29 is 0 Å². The largest absolute Gasteiger partial charge is 0.237 e. The molecule has 1 aromatic heterocycles. The Bertz CT molecular complexity index is 334. The molecule has 0 bridgehead atoms. The average Bonchev–Trinajstić information content (AvgIpc) is 2.29. The summed E-state index contributed by atoms with van der Waals surface area (Å²) >= 11 is 0. The first-order valence-electron chi connectivity index (χ1n) is 5.89. The summed E-state index contributed by atoms with van der Waals surface area (Å²) in [5, 5.41) is 0. The maximum atomic E-state index is 4.24. The lowest BCUT2D eigenvalue weighted by atomic mass is 10.2. The number of aromatic nitrogens is 2. The van der Waals surface area contributed by atoms with E-state index in [1.54, 1.807) is 0 Å². The third kappa shape index (κ3) is 5.50. The standard InChI is InChI=1S/C10H12N2.2C2H6/c1-5-6-10-7(2)11-9(4)12-8(10)3;2*1-2/h1-4H3;2*1-2H3.